The molecule has 96 valence electrons. The monoisotopic (exact) mass is 258 g/mol. The van der Waals surface area contributed by atoms with Crippen LogP contribution in [0.5, 0.6) is 0 Å². The maximum absolute atomic E-state index is 11.7. The van der Waals surface area contributed by atoms with E-state index in [4.69, 9.17) is 5.11 Å². The summed E-state index contributed by atoms with van der Waals surface area (Å²) in [7, 11) is -2.03. The van der Waals surface area contributed by atoms with Gasteiger partial charge in [-0.25, -0.2) is 0 Å². The molecule has 0 unspecified atom stereocenters. The van der Waals surface area contributed by atoms with Crippen LogP contribution in [0.15, 0.2) is 30.3 Å². The fourth-order valence-corrected chi connectivity index (χ4v) is 2.25. The van der Waals surface area contributed by atoms with Crippen LogP contribution in [0.1, 0.15) is 12.5 Å². The summed E-state index contributed by atoms with van der Waals surface area (Å²) in [5, 5.41) is 9.04. The number of benzene rings is 1. The van der Waals surface area contributed by atoms with E-state index >= 15 is 0 Å². The second kappa shape index (κ2) is 6.11. The van der Waals surface area contributed by atoms with Gasteiger partial charge in [0.25, 0.3) is 10.2 Å². The first-order chi connectivity index (χ1) is 7.92. The molecular formula is C11H18N2O3S. The maximum Gasteiger partial charge on any atom is 0.279 e. The highest BCUT2D eigenvalue weighted by molar-refractivity contribution is 7.87. The van der Waals surface area contributed by atoms with Gasteiger partial charge in [-0.05, 0) is 12.5 Å². The van der Waals surface area contributed by atoms with Crippen molar-refractivity contribution in [1.29, 1.82) is 0 Å². The minimum atomic E-state index is -3.53. The number of nitrogens with zero attached hydrogens (tertiary/aromatic N) is 1. The lowest BCUT2D eigenvalue weighted by Gasteiger charge is -2.18. The normalized spacial score (nSPS) is 13.9. The molecule has 5 nitrogen and oxygen atoms in total. The van der Waals surface area contributed by atoms with E-state index in [1.165, 1.54) is 18.3 Å². The zero-order valence-electron chi connectivity index (χ0n) is 10.00. The predicted molar refractivity (Wildman–Crippen MR) is 66.5 cm³/mol. The van der Waals surface area contributed by atoms with Crippen LogP contribution in [0.4, 0.5) is 0 Å². The molecular weight excluding hydrogens is 240 g/mol. The van der Waals surface area contributed by atoms with Gasteiger partial charge in [-0.15, -0.1) is 0 Å². The third kappa shape index (κ3) is 4.82. The van der Waals surface area contributed by atoms with Crippen molar-refractivity contribution in [3.63, 3.8) is 0 Å². The highest BCUT2D eigenvalue weighted by atomic mass is 32.2. The van der Waals surface area contributed by atoms with Crippen molar-refractivity contribution < 1.29 is 13.5 Å². The van der Waals surface area contributed by atoms with Crippen LogP contribution in [0.2, 0.25) is 0 Å². The molecule has 0 heterocycles. The Kier molecular flexibility index (Phi) is 5.07. The number of hydrogen-bond acceptors (Lipinski definition) is 3. The van der Waals surface area contributed by atoms with Gasteiger partial charge >= 0.3 is 0 Å². The van der Waals surface area contributed by atoms with E-state index < -0.39 is 16.3 Å². The third-order valence-electron chi connectivity index (χ3n) is 2.22. The van der Waals surface area contributed by atoms with Crippen LogP contribution in [0, 0.1) is 0 Å². The summed E-state index contributed by atoms with van der Waals surface area (Å²) in [5.41, 5.74) is 0.914. The molecule has 0 aromatic heterocycles. The standard InChI is InChI=1S/C11H18N2O3S/c1-10(14)8-12-17(15,16)13(2)9-11-6-4-3-5-7-11/h3-7,10,12,14H,8-9H2,1-2H3/t10-/m1/s1. The van der Waals surface area contributed by atoms with Crippen LogP contribution >= 0.6 is 0 Å². The summed E-state index contributed by atoms with van der Waals surface area (Å²) in [6.07, 6.45) is -0.699. The lowest BCUT2D eigenvalue weighted by molar-refractivity contribution is 0.198. The van der Waals surface area contributed by atoms with Gasteiger partial charge in [0.2, 0.25) is 0 Å². The molecule has 0 amide bonds. The molecule has 0 saturated heterocycles. The fraction of sp³-hybridized carbons (Fsp3) is 0.455. The Morgan fingerprint density at radius 3 is 2.47 bits per heavy atom. The Labute approximate surface area is 102 Å². The van der Waals surface area contributed by atoms with Crippen molar-refractivity contribution in [3.8, 4) is 0 Å². The Morgan fingerprint density at radius 1 is 1.35 bits per heavy atom. The lowest BCUT2D eigenvalue weighted by Crippen LogP contribution is -2.40. The van der Waals surface area contributed by atoms with Crippen LogP contribution in [0.3, 0.4) is 0 Å². The highest BCUT2D eigenvalue weighted by Gasteiger charge is 2.17. The van der Waals surface area contributed by atoms with E-state index in [-0.39, 0.29) is 6.54 Å². The fourth-order valence-electron chi connectivity index (χ4n) is 1.26. The molecule has 2 N–H and O–H groups in total. The molecule has 0 aliphatic rings. The van der Waals surface area contributed by atoms with Gasteiger partial charge in [-0.3, -0.25) is 0 Å². The molecule has 0 radical (unpaired) electrons. The molecule has 1 aromatic carbocycles. The zero-order valence-corrected chi connectivity index (χ0v) is 10.8. The first kappa shape index (κ1) is 14.1. The molecule has 0 fully saturated rings. The second-order valence-corrected chi connectivity index (χ2v) is 5.81. The van der Waals surface area contributed by atoms with Crippen molar-refractivity contribution in [2.75, 3.05) is 13.6 Å². The molecule has 0 aliphatic carbocycles. The van der Waals surface area contributed by atoms with E-state index in [9.17, 15) is 8.42 Å². The van der Waals surface area contributed by atoms with Crippen LogP contribution in [-0.4, -0.2) is 37.5 Å². The number of nitrogens with one attached hydrogen (secondary N) is 1. The van der Waals surface area contributed by atoms with Crippen LogP contribution < -0.4 is 4.72 Å². The summed E-state index contributed by atoms with van der Waals surface area (Å²) in [6.45, 7) is 1.84. The molecule has 0 aliphatic heterocycles. The van der Waals surface area contributed by atoms with Crippen molar-refractivity contribution in [2.24, 2.45) is 0 Å². The van der Waals surface area contributed by atoms with Gasteiger partial charge in [0, 0.05) is 20.1 Å². The van der Waals surface area contributed by atoms with Gasteiger partial charge in [0.1, 0.15) is 0 Å². The van der Waals surface area contributed by atoms with Crippen molar-refractivity contribution in [2.45, 2.75) is 19.6 Å². The quantitative estimate of drug-likeness (QED) is 0.772. The Bertz CT molecular complexity index is 431. The van der Waals surface area contributed by atoms with E-state index in [2.05, 4.69) is 4.72 Å². The molecule has 17 heavy (non-hydrogen) atoms. The van der Waals surface area contributed by atoms with Crippen LogP contribution in [0.25, 0.3) is 0 Å². The largest absolute Gasteiger partial charge is 0.392 e. The Morgan fingerprint density at radius 2 is 1.94 bits per heavy atom. The van der Waals surface area contributed by atoms with E-state index in [1.807, 2.05) is 30.3 Å². The minimum Gasteiger partial charge on any atom is -0.392 e. The predicted octanol–water partition coefficient (Wildman–Crippen LogP) is 0.334. The zero-order chi connectivity index (χ0) is 12.9. The summed E-state index contributed by atoms with van der Waals surface area (Å²) in [5.74, 6) is 0. The molecule has 1 atom stereocenters. The SMILES string of the molecule is C[C@@H](O)CNS(=O)(=O)N(C)Cc1ccccc1. The number of rotatable bonds is 6. The van der Waals surface area contributed by atoms with Gasteiger partial charge < -0.3 is 5.11 Å². The summed E-state index contributed by atoms with van der Waals surface area (Å²) >= 11 is 0. The molecule has 1 aromatic rings. The van der Waals surface area contributed by atoms with E-state index in [0.29, 0.717) is 6.54 Å². The number of aliphatic hydroxyl groups excluding tert-OH is 1. The van der Waals surface area contributed by atoms with E-state index in [0.717, 1.165) is 5.56 Å². The second-order valence-electron chi connectivity index (χ2n) is 3.94. The Balaban J connectivity index is 2.60. The average molecular weight is 258 g/mol. The summed E-state index contributed by atoms with van der Waals surface area (Å²) in [4.78, 5) is 0. The first-order valence-electron chi connectivity index (χ1n) is 5.35. The number of aliphatic hydroxyl groups is 1. The van der Waals surface area contributed by atoms with Gasteiger partial charge in [0.05, 0.1) is 6.10 Å². The number of hydrogen-bond donors (Lipinski definition) is 2. The maximum atomic E-state index is 11.7. The van der Waals surface area contributed by atoms with Gasteiger partial charge in [-0.2, -0.15) is 17.4 Å². The van der Waals surface area contributed by atoms with Crippen molar-refractivity contribution in [1.82, 2.24) is 9.03 Å². The molecule has 0 saturated carbocycles. The average Bonchev–Trinajstić information content (AvgIpc) is 2.28. The first-order valence-corrected chi connectivity index (χ1v) is 6.79. The molecule has 0 spiro atoms. The minimum absolute atomic E-state index is 0.0153. The summed E-state index contributed by atoms with van der Waals surface area (Å²) < 4.78 is 27.0. The van der Waals surface area contributed by atoms with Crippen molar-refractivity contribution in [3.05, 3.63) is 35.9 Å². The topological polar surface area (TPSA) is 69.6 Å². The van der Waals surface area contributed by atoms with Crippen LogP contribution in [-0.2, 0) is 16.8 Å². The molecule has 0 bridgehead atoms. The summed E-state index contributed by atoms with van der Waals surface area (Å²) in [6, 6.07) is 9.32. The smallest absolute Gasteiger partial charge is 0.279 e. The highest BCUT2D eigenvalue weighted by Crippen LogP contribution is 2.05. The third-order valence-corrected chi connectivity index (χ3v) is 3.70. The molecule has 1 rings (SSSR count). The van der Waals surface area contributed by atoms with Crippen molar-refractivity contribution >= 4 is 10.2 Å². The van der Waals surface area contributed by atoms with E-state index in [1.54, 1.807) is 0 Å². The van der Waals surface area contributed by atoms with Gasteiger partial charge in [-0.1, -0.05) is 30.3 Å². The van der Waals surface area contributed by atoms with Gasteiger partial charge in [0.15, 0.2) is 0 Å². The molecule has 6 heteroatoms. The lowest BCUT2D eigenvalue weighted by atomic mass is 10.2. The Hall–Kier alpha value is -0.950.